The summed E-state index contributed by atoms with van der Waals surface area (Å²) in [6, 6.07) is 7.21. The molecule has 1 aromatic carbocycles. The van der Waals surface area contributed by atoms with Gasteiger partial charge >= 0.3 is 0 Å². The Balaban J connectivity index is 2.61. The van der Waals surface area contributed by atoms with Crippen molar-refractivity contribution in [1.29, 1.82) is 5.26 Å². The van der Waals surface area contributed by atoms with Crippen molar-refractivity contribution in [1.82, 2.24) is 9.78 Å². The van der Waals surface area contributed by atoms with Crippen molar-refractivity contribution in [2.75, 3.05) is 0 Å². The molecule has 5 heteroatoms. The van der Waals surface area contributed by atoms with E-state index in [2.05, 4.69) is 27.1 Å². The molecule has 0 fully saturated rings. The third-order valence-corrected chi connectivity index (χ3v) is 2.82. The maximum absolute atomic E-state index is 9.70. The molecule has 0 amide bonds. The first kappa shape index (κ1) is 11.8. The first-order chi connectivity index (χ1) is 8.11. The quantitative estimate of drug-likeness (QED) is 0.925. The normalized spacial score (nSPS) is 12.1. The van der Waals surface area contributed by atoms with Crippen molar-refractivity contribution < 1.29 is 5.11 Å². The van der Waals surface area contributed by atoms with Crippen LogP contribution in [0.1, 0.15) is 24.2 Å². The standard InChI is InChI=1S/C12H10BrN3O/c1-8(17)11-3-2-9(5-14)4-12(11)16-7-10(13)6-15-16/h2-4,6-8,17H,1H3. The molecule has 2 rings (SSSR count). The molecule has 1 N–H and O–H groups in total. The number of benzene rings is 1. The fourth-order valence-electron chi connectivity index (χ4n) is 1.60. The van der Waals surface area contributed by atoms with E-state index in [0.717, 1.165) is 10.0 Å². The SMILES string of the molecule is CC(O)c1ccc(C#N)cc1-n1cc(Br)cn1. The first-order valence-corrected chi connectivity index (χ1v) is 5.84. The molecule has 0 aliphatic carbocycles. The largest absolute Gasteiger partial charge is 0.389 e. The van der Waals surface area contributed by atoms with Crippen molar-refractivity contribution in [2.45, 2.75) is 13.0 Å². The molecule has 1 heterocycles. The van der Waals surface area contributed by atoms with Gasteiger partial charge in [-0.15, -0.1) is 0 Å². The summed E-state index contributed by atoms with van der Waals surface area (Å²) in [5.74, 6) is 0. The van der Waals surface area contributed by atoms with Gasteiger partial charge in [0, 0.05) is 11.8 Å². The van der Waals surface area contributed by atoms with E-state index in [4.69, 9.17) is 5.26 Å². The lowest BCUT2D eigenvalue weighted by Gasteiger charge is -2.12. The fourth-order valence-corrected chi connectivity index (χ4v) is 1.88. The lowest BCUT2D eigenvalue weighted by atomic mass is 10.1. The number of halogens is 1. The highest BCUT2D eigenvalue weighted by Gasteiger charge is 2.11. The molecule has 0 bridgehead atoms. The van der Waals surface area contributed by atoms with Crippen molar-refractivity contribution >= 4 is 15.9 Å². The van der Waals surface area contributed by atoms with Crippen molar-refractivity contribution in [3.05, 3.63) is 46.2 Å². The minimum atomic E-state index is -0.610. The van der Waals surface area contributed by atoms with Gasteiger partial charge in [-0.05, 0) is 35.0 Å². The third-order valence-electron chi connectivity index (χ3n) is 2.41. The van der Waals surface area contributed by atoms with E-state index in [-0.39, 0.29) is 0 Å². The zero-order valence-electron chi connectivity index (χ0n) is 9.13. The smallest absolute Gasteiger partial charge is 0.0992 e. The number of nitrogens with zero attached hydrogens (tertiary/aromatic N) is 3. The van der Waals surface area contributed by atoms with Gasteiger partial charge in [0.1, 0.15) is 0 Å². The van der Waals surface area contributed by atoms with Crippen molar-refractivity contribution in [3.63, 3.8) is 0 Å². The zero-order chi connectivity index (χ0) is 12.4. The molecular formula is C12H10BrN3O. The van der Waals surface area contributed by atoms with Crippen LogP contribution in [0.4, 0.5) is 0 Å². The number of aliphatic hydroxyl groups is 1. The van der Waals surface area contributed by atoms with E-state index in [9.17, 15) is 5.11 Å². The van der Waals surface area contributed by atoms with Gasteiger partial charge in [0.15, 0.2) is 0 Å². The van der Waals surface area contributed by atoms with E-state index in [1.165, 1.54) is 0 Å². The van der Waals surface area contributed by atoms with E-state index in [1.54, 1.807) is 42.2 Å². The Kier molecular flexibility index (Phi) is 3.27. The Morgan fingerprint density at radius 3 is 2.82 bits per heavy atom. The van der Waals surface area contributed by atoms with Crippen LogP contribution in [0.25, 0.3) is 5.69 Å². The summed E-state index contributed by atoms with van der Waals surface area (Å²) in [5, 5.41) is 22.7. The Bertz CT molecular complexity index is 584. The van der Waals surface area contributed by atoms with Crippen molar-refractivity contribution in [2.24, 2.45) is 0 Å². The number of rotatable bonds is 2. The number of nitriles is 1. The molecule has 86 valence electrons. The number of hydrogen-bond donors (Lipinski definition) is 1. The van der Waals surface area contributed by atoms with Crippen LogP contribution in [0.15, 0.2) is 35.1 Å². The first-order valence-electron chi connectivity index (χ1n) is 5.04. The van der Waals surface area contributed by atoms with Gasteiger partial charge in [0.05, 0.1) is 34.1 Å². The van der Waals surface area contributed by atoms with Crippen LogP contribution in [0.2, 0.25) is 0 Å². The highest BCUT2D eigenvalue weighted by Crippen LogP contribution is 2.23. The van der Waals surface area contributed by atoms with Crippen LogP contribution in [0, 0.1) is 11.3 Å². The minimum Gasteiger partial charge on any atom is -0.389 e. The molecule has 1 atom stereocenters. The van der Waals surface area contributed by atoms with Crippen LogP contribution in [0.3, 0.4) is 0 Å². The van der Waals surface area contributed by atoms with E-state index in [0.29, 0.717) is 11.3 Å². The molecule has 0 radical (unpaired) electrons. The second-order valence-corrected chi connectivity index (χ2v) is 4.58. The van der Waals surface area contributed by atoms with Gasteiger partial charge in [-0.25, -0.2) is 4.68 Å². The molecule has 0 spiro atoms. The third kappa shape index (κ3) is 2.38. The summed E-state index contributed by atoms with van der Waals surface area (Å²) in [7, 11) is 0. The minimum absolute atomic E-state index is 0.538. The maximum atomic E-state index is 9.70. The van der Waals surface area contributed by atoms with Gasteiger partial charge in [-0.2, -0.15) is 10.4 Å². The summed E-state index contributed by atoms with van der Waals surface area (Å²) in [4.78, 5) is 0. The summed E-state index contributed by atoms with van der Waals surface area (Å²) in [5.41, 5.74) is 1.99. The second-order valence-electron chi connectivity index (χ2n) is 3.66. The molecule has 0 aliphatic heterocycles. The summed E-state index contributed by atoms with van der Waals surface area (Å²) in [6.45, 7) is 1.68. The lowest BCUT2D eigenvalue weighted by Crippen LogP contribution is -2.03. The summed E-state index contributed by atoms with van der Waals surface area (Å²) in [6.07, 6.45) is 2.83. The van der Waals surface area contributed by atoms with Crippen LogP contribution in [0.5, 0.6) is 0 Å². The molecule has 17 heavy (non-hydrogen) atoms. The lowest BCUT2D eigenvalue weighted by molar-refractivity contribution is 0.199. The van der Waals surface area contributed by atoms with Gasteiger partial charge in [-0.3, -0.25) is 0 Å². The molecule has 0 saturated heterocycles. The zero-order valence-corrected chi connectivity index (χ0v) is 10.7. The van der Waals surface area contributed by atoms with Gasteiger partial charge in [-0.1, -0.05) is 6.07 Å². The second kappa shape index (κ2) is 4.70. The fraction of sp³-hybridized carbons (Fsp3) is 0.167. The van der Waals surface area contributed by atoms with E-state index < -0.39 is 6.10 Å². The summed E-state index contributed by atoms with van der Waals surface area (Å²) >= 11 is 3.32. The number of aromatic nitrogens is 2. The van der Waals surface area contributed by atoms with Crippen LogP contribution >= 0.6 is 15.9 Å². The van der Waals surface area contributed by atoms with Gasteiger partial charge in [0.2, 0.25) is 0 Å². The van der Waals surface area contributed by atoms with Crippen LogP contribution in [-0.2, 0) is 0 Å². The summed E-state index contributed by atoms with van der Waals surface area (Å²) < 4.78 is 2.48. The van der Waals surface area contributed by atoms with Crippen LogP contribution < -0.4 is 0 Å². The van der Waals surface area contributed by atoms with E-state index in [1.807, 2.05) is 0 Å². The van der Waals surface area contributed by atoms with E-state index >= 15 is 0 Å². The maximum Gasteiger partial charge on any atom is 0.0992 e. The molecule has 4 nitrogen and oxygen atoms in total. The highest BCUT2D eigenvalue weighted by molar-refractivity contribution is 9.10. The number of aliphatic hydroxyl groups excluding tert-OH is 1. The Morgan fingerprint density at radius 1 is 1.53 bits per heavy atom. The van der Waals surface area contributed by atoms with Gasteiger partial charge in [0.25, 0.3) is 0 Å². The highest BCUT2D eigenvalue weighted by atomic mass is 79.9. The predicted octanol–water partition coefficient (Wildman–Crippen LogP) is 2.56. The van der Waals surface area contributed by atoms with Gasteiger partial charge < -0.3 is 5.11 Å². The molecule has 2 aromatic rings. The molecule has 1 unspecified atom stereocenters. The average molecular weight is 292 g/mol. The van der Waals surface area contributed by atoms with Crippen LogP contribution in [-0.4, -0.2) is 14.9 Å². The Hall–Kier alpha value is -1.64. The molecule has 1 aromatic heterocycles. The number of hydrogen-bond acceptors (Lipinski definition) is 3. The predicted molar refractivity (Wildman–Crippen MR) is 66.6 cm³/mol. The van der Waals surface area contributed by atoms with Crippen molar-refractivity contribution in [3.8, 4) is 11.8 Å². The monoisotopic (exact) mass is 291 g/mol. The average Bonchev–Trinajstić information content (AvgIpc) is 2.75. The Labute approximate surface area is 107 Å². The molecule has 0 aliphatic rings. The Morgan fingerprint density at radius 2 is 2.29 bits per heavy atom. The topological polar surface area (TPSA) is 61.8 Å². The molecule has 0 saturated carbocycles. The molecular weight excluding hydrogens is 282 g/mol.